The number of nitrogen functional groups attached to an aromatic ring is 1. The molecule has 0 aliphatic carbocycles. The number of nitriles is 1. The number of nitrogens with zero attached hydrogens (tertiary/aromatic N) is 5. The molecule has 1 fully saturated rings. The van der Waals surface area contributed by atoms with E-state index in [1.165, 1.54) is 0 Å². The molecule has 3 heterocycles. The van der Waals surface area contributed by atoms with E-state index in [1.54, 1.807) is 12.3 Å². The van der Waals surface area contributed by atoms with Gasteiger partial charge in [0.05, 0.1) is 17.1 Å². The number of nitrogens with two attached hydrogens (primary N) is 1. The van der Waals surface area contributed by atoms with E-state index in [0.29, 0.717) is 23.0 Å². The van der Waals surface area contributed by atoms with Crippen molar-refractivity contribution in [1.29, 1.82) is 5.26 Å². The average molecular weight is 292 g/mol. The van der Waals surface area contributed by atoms with Crippen molar-refractivity contribution in [3.63, 3.8) is 0 Å². The van der Waals surface area contributed by atoms with Gasteiger partial charge in [-0.1, -0.05) is 6.08 Å². The summed E-state index contributed by atoms with van der Waals surface area (Å²) in [6.07, 6.45) is 4.60. The Hall–Kier alpha value is -2.94. The lowest BCUT2D eigenvalue weighted by molar-refractivity contribution is 0.741. The lowest BCUT2D eigenvalue weighted by atomic mass is 10.1. The van der Waals surface area contributed by atoms with Crippen LogP contribution in [0.3, 0.4) is 0 Å². The second-order valence-corrected chi connectivity index (χ2v) is 5.21. The fourth-order valence-electron chi connectivity index (χ4n) is 2.65. The highest BCUT2D eigenvalue weighted by molar-refractivity contribution is 5.64. The van der Waals surface area contributed by atoms with E-state index in [9.17, 15) is 5.26 Å². The minimum absolute atomic E-state index is 0.190. The van der Waals surface area contributed by atoms with Crippen LogP contribution in [0.4, 0.5) is 11.6 Å². The van der Waals surface area contributed by atoms with E-state index in [0.717, 1.165) is 25.2 Å². The van der Waals surface area contributed by atoms with Crippen molar-refractivity contribution in [3.05, 3.63) is 42.7 Å². The smallest absolute Gasteiger partial charge is 0.220 e. The lowest BCUT2D eigenvalue weighted by Crippen LogP contribution is -2.20. The maximum atomic E-state index is 9.41. The summed E-state index contributed by atoms with van der Waals surface area (Å²) in [6, 6.07) is 7.68. The van der Waals surface area contributed by atoms with Crippen LogP contribution in [0.2, 0.25) is 0 Å². The van der Waals surface area contributed by atoms with Crippen molar-refractivity contribution < 1.29 is 0 Å². The van der Waals surface area contributed by atoms with Crippen LogP contribution in [0, 0.1) is 17.2 Å². The third-order valence-electron chi connectivity index (χ3n) is 3.82. The van der Waals surface area contributed by atoms with Crippen LogP contribution in [-0.2, 0) is 0 Å². The molecule has 2 aromatic rings. The predicted molar refractivity (Wildman–Crippen MR) is 84.9 cm³/mol. The molecule has 6 heteroatoms. The van der Waals surface area contributed by atoms with E-state index in [4.69, 9.17) is 5.73 Å². The third-order valence-corrected chi connectivity index (χ3v) is 3.82. The van der Waals surface area contributed by atoms with E-state index in [2.05, 4.69) is 32.5 Å². The minimum Gasteiger partial charge on any atom is -0.369 e. The Labute approximate surface area is 128 Å². The Bertz CT molecular complexity index is 749. The summed E-state index contributed by atoms with van der Waals surface area (Å²) in [7, 11) is 0. The fourth-order valence-corrected chi connectivity index (χ4v) is 2.65. The highest BCUT2D eigenvalue weighted by atomic mass is 15.2. The standard InChI is InChI=1S/C16H16N6/c1-2-11-6-8-22(10-11)15-4-3-12(20-14(15)9-17)13-5-7-19-16(18)21-13/h2-5,7,11H,1,6,8,10H2,(H2,18,19,21). The van der Waals surface area contributed by atoms with Gasteiger partial charge in [0.1, 0.15) is 6.07 Å². The molecule has 1 atom stereocenters. The normalized spacial score (nSPS) is 17.2. The maximum Gasteiger partial charge on any atom is 0.220 e. The molecule has 2 aromatic heterocycles. The predicted octanol–water partition coefficient (Wildman–Crippen LogP) is 2.00. The molecule has 1 aliphatic rings. The monoisotopic (exact) mass is 292 g/mol. The van der Waals surface area contributed by atoms with Crippen LogP contribution in [0.1, 0.15) is 12.1 Å². The zero-order valence-electron chi connectivity index (χ0n) is 12.1. The van der Waals surface area contributed by atoms with Crippen molar-refractivity contribution in [2.75, 3.05) is 23.7 Å². The average Bonchev–Trinajstić information content (AvgIpc) is 3.03. The molecule has 0 saturated carbocycles. The lowest BCUT2D eigenvalue weighted by Gasteiger charge is -2.19. The molecule has 2 N–H and O–H groups in total. The van der Waals surface area contributed by atoms with Crippen LogP contribution < -0.4 is 10.6 Å². The van der Waals surface area contributed by atoms with Crippen molar-refractivity contribution in [2.24, 2.45) is 5.92 Å². The molecule has 22 heavy (non-hydrogen) atoms. The molecule has 3 rings (SSSR count). The number of hydrogen-bond donors (Lipinski definition) is 1. The second-order valence-electron chi connectivity index (χ2n) is 5.21. The van der Waals surface area contributed by atoms with E-state index in [-0.39, 0.29) is 5.95 Å². The van der Waals surface area contributed by atoms with Gasteiger partial charge in [0.2, 0.25) is 5.95 Å². The molecule has 110 valence electrons. The largest absolute Gasteiger partial charge is 0.369 e. The molecule has 6 nitrogen and oxygen atoms in total. The first-order valence-corrected chi connectivity index (χ1v) is 7.09. The van der Waals surface area contributed by atoms with Crippen LogP contribution in [0.25, 0.3) is 11.4 Å². The van der Waals surface area contributed by atoms with Crippen molar-refractivity contribution in [3.8, 4) is 17.5 Å². The van der Waals surface area contributed by atoms with E-state index in [1.807, 2.05) is 18.2 Å². The Morgan fingerprint density at radius 2 is 2.14 bits per heavy atom. The quantitative estimate of drug-likeness (QED) is 0.870. The molecule has 1 unspecified atom stereocenters. The van der Waals surface area contributed by atoms with Gasteiger partial charge in [-0.25, -0.2) is 15.0 Å². The van der Waals surface area contributed by atoms with Gasteiger partial charge in [-0.2, -0.15) is 5.26 Å². The minimum atomic E-state index is 0.190. The number of aromatic nitrogens is 3. The number of pyridine rings is 1. The van der Waals surface area contributed by atoms with Gasteiger partial charge in [-0.05, 0) is 30.5 Å². The molecule has 0 bridgehead atoms. The zero-order valence-corrected chi connectivity index (χ0v) is 12.1. The molecule has 1 aliphatic heterocycles. The van der Waals surface area contributed by atoms with Gasteiger partial charge in [0, 0.05) is 19.3 Å². The summed E-state index contributed by atoms with van der Waals surface area (Å²) in [4.78, 5) is 14.6. The first-order chi connectivity index (χ1) is 10.7. The van der Waals surface area contributed by atoms with Gasteiger partial charge in [0.25, 0.3) is 0 Å². The maximum absolute atomic E-state index is 9.41. The fraction of sp³-hybridized carbons (Fsp3) is 0.250. The Morgan fingerprint density at radius 1 is 1.32 bits per heavy atom. The van der Waals surface area contributed by atoms with Gasteiger partial charge < -0.3 is 10.6 Å². The van der Waals surface area contributed by atoms with Crippen LogP contribution >= 0.6 is 0 Å². The molecule has 0 aromatic carbocycles. The Balaban J connectivity index is 1.95. The van der Waals surface area contributed by atoms with Crippen LogP contribution in [-0.4, -0.2) is 28.0 Å². The molecular formula is C16H16N6. The van der Waals surface area contributed by atoms with Crippen molar-refractivity contribution in [2.45, 2.75) is 6.42 Å². The van der Waals surface area contributed by atoms with Crippen molar-refractivity contribution in [1.82, 2.24) is 15.0 Å². The highest BCUT2D eigenvalue weighted by Gasteiger charge is 2.23. The van der Waals surface area contributed by atoms with Crippen LogP contribution in [0.15, 0.2) is 37.1 Å². The molecule has 0 amide bonds. The topological polar surface area (TPSA) is 91.7 Å². The first-order valence-electron chi connectivity index (χ1n) is 7.09. The van der Waals surface area contributed by atoms with E-state index >= 15 is 0 Å². The molecule has 0 spiro atoms. The number of hydrogen-bond acceptors (Lipinski definition) is 6. The molecular weight excluding hydrogens is 276 g/mol. The van der Waals surface area contributed by atoms with Gasteiger partial charge in [-0.15, -0.1) is 6.58 Å². The summed E-state index contributed by atoms with van der Waals surface area (Å²) in [6.45, 7) is 5.63. The number of anilines is 2. The van der Waals surface area contributed by atoms with Gasteiger partial charge >= 0.3 is 0 Å². The molecule has 0 radical (unpaired) electrons. The van der Waals surface area contributed by atoms with Gasteiger partial charge in [0.15, 0.2) is 5.69 Å². The zero-order chi connectivity index (χ0) is 15.5. The highest BCUT2D eigenvalue weighted by Crippen LogP contribution is 2.28. The SMILES string of the molecule is C=CC1CCN(c2ccc(-c3ccnc(N)n3)nc2C#N)C1. The van der Waals surface area contributed by atoms with Crippen LogP contribution in [0.5, 0.6) is 0 Å². The summed E-state index contributed by atoms with van der Waals surface area (Å²) in [5.41, 5.74) is 8.09. The number of rotatable bonds is 3. The Kier molecular flexibility index (Phi) is 3.71. The summed E-state index contributed by atoms with van der Waals surface area (Å²) < 4.78 is 0. The summed E-state index contributed by atoms with van der Waals surface area (Å²) in [5.74, 6) is 0.656. The summed E-state index contributed by atoms with van der Waals surface area (Å²) >= 11 is 0. The molecule has 1 saturated heterocycles. The van der Waals surface area contributed by atoms with Gasteiger partial charge in [-0.3, -0.25) is 0 Å². The van der Waals surface area contributed by atoms with E-state index < -0.39 is 0 Å². The third kappa shape index (κ3) is 2.61. The Morgan fingerprint density at radius 3 is 2.82 bits per heavy atom. The second kappa shape index (κ2) is 5.82. The van der Waals surface area contributed by atoms with Crippen molar-refractivity contribution >= 4 is 11.6 Å². The summed E-state index contributed by atoms with van der Waals surface area (Å²) in [5, 5.41) is 9.41. The first kappa shape index (κ1) is 14.0.